The molecule has 5 nitrogen and oxygen atoms in total. The molecule has 1 aromatic carbocycles. The minimum Gasteiger partial charge on any atom is -0.493 e. The number of unbranched alkanes of at least 4 members (excludes halogenated alkanes) is 1. The Labute approximate surface area is 140 Å². The summed E-state index contributed by atoms with van der Waals surface area (Å²) in [5, 5.41) is 3.01. The van der Waals surface area contributed by atoms with E-state index in [0.717, 1.165) is 24.9 Å². The number of urea groups is 1. The second kappa shape index (κ2) is 8.65. The van der Waals surface area contributed by atoms with Crippen LogP contribution in [0.3, 0.4) is 0 Å². The van der Waals surface area contributed by atoms with Crippen LogP contribution in [-0.4, -0.2) is 45.3 Å². The molecule has 0 aliphatic carbocycles. The van der Waals surface area contributed by atoms with Crippen LogP contribution < -0.4 is 14.8 Å². The summed E-state index contributed by atoms with van der Waals surface area (Å²) in [4.78, 5) is 13.9. The fourth-order valence-electron chi connectivity index (χ4n) is 2.29. The largest absolute Gasteiger partial charge is 0.493 e. The van der Waals surface area contributed by atoms with E-state index in [1.807, 2.05) is 25.2 Å². The molecule has 23 heavy (non-hydrogen) atoms. The molecule has 0 unspecified atom stereocenters. The topological polar surface area (TPSA) is 50.8 Å². The van der Waals surface area contributed by atoms with Gasteiger partial charge >= 0.3 is 6.03 Å². The van der Waals surface area contributed by atoms with E-state index < -0.39 is 0 Å². The number of methoxy groups -OCH3 is 2. The molecule has 130 valence electrons. The van der Waals surface area contributed by atoms with Gasteiger partial charge in [-0.05, 0) is 24.1 Å². The van der Waals surface area contributed by atoms with Crippen molar-refractivity contribution in [3.8, 4) is 11.5 Å². The molecule has 5 heteroatoms. The minimum absolute atomic E-state index is 0.0352. The predicted molar refractivity (Wildman–Crippen MR) is 93.5 cm³/mol. The zero-order valence-corrected chi connectivity index (χ0v) is 15.2. The van der Waals surface area contributed by atoms with E-state index in [4.69, 9.17) is 9.47 Å². The van der Waals surface area contributed by atoms with Gasteiger partial charge in [-0.3, -0.25) is 0 Å². The van der Waals surface area contributed by atoms with Crippen LogP contribution in [0.25, 0.3) is 0 Å². The van der Waals surface area contributed by atoms with E-state index in [2.05, 4.69) is 26.1 Å². The number of carbonyl (C=O) groups is 1. The molecule has 0 spiro atoms. The third kappa shape index (κ3) is 5.34. The smallest absolute Gasteiger partial charge is 0.317 e. The van der Waals surface area contributed by atoms with Gasteiger partial charge in [-0.15, -0.1) is 0 Å². The zero-order valence-electron chi connectivity index (χ0n) is 15.2. The number of nitrogens with one attached hydrogen (secondary N) is 1. The number of carbonyl (C=O) groups excluding carboxylic acids is 1. The Morgan fingerprint density at radius 1 is 1.22 bits per heavy atom. The van der Waals surface area contributed by atoms with Crippen LogP contribution in [0, 0.1) is 0 Å². The highest BCUT2D eigenvalue weighted by molar-refractivity contribution is 5.74. The first-order valence-corrected chi connectivity index (χ1v) is 8.07. The highest BCUT2D eigenvalue weighted by Crippen LogP contribution is 2.32. The van der Waals surface area contributed by atoms with E-state index in [1.54, 1.807) is 19.1 Å². The SMILES string of the molecule is CCCCN(C)C(=O)NCC(C)(C)c1ccc(OC)c(OC)c1. The third-order valence-electron chi connectivity index (χ3n) is 4.04. The van der Waals surface area contributed by atoms with Gasteiger partial charge in [0.2, 0.25) is 0 Å². The second-order valence-electron chi connectivity index (χ2n) is 6.39. The zero-order chi connectivity index (χ0) is 17.5. The van der Waals surface area contributed by atoms with E-state index >= 15 is 0 Å². The van der Waals surface area contributed by atoms with Crippen molar-refractivity contribution in [2.45, 2.75) is 39.0 Å². The Bertz CT molecular complexity index is 515. The van der Waals surface area contributed by atoms with Gasteiger partial charge in [-0.1, -0.05) is 33.3 Å². The molecule has 1 N–H and O–H groups in total. The Kier molecular flexibility index (Phi) is 7.20. The van der Waals surface area contributed by atoms with Crippen LogP contribution in [0.2, 0.25) is 0 Å². The quantitative estimate of drug-likeness (QED) is 0.798. The first-order chi connectivity index (χ1) is 10.9. The van der Waals surface area contributed by atoms with Crippen LogP contribution in [-0.2, 0) is 5.41 Å². The standard InChI is InChI=1S/C18H30N2O3/c1-7-8-11-20(4)17(21)19-13-18(2,3)14-9-10-15(22-5)16(12-14)23-6/h9-10,12H,7-8,11,13H2,1-6H3,(H,19,21). The molecule has 0 aliphatic heterocycles. The fraction of sp³-hybridized carbons (Fsp3) is 0.611. The molecule has 0 fully saturated rings. The number of hydrogen-bond acceptors (Lipinski definition) is 3. The van der Waals surface area contributed by atoms with Gasteiger partial charge in [0.1, 0.15) is 0 Å². The van der Waals surface area contributed by atoms with E-state index in [9.17, 15) is 4.79 Å². The summed E-state index contributed by atoms with van der Waals surface area (Å²) in [6.07, 6.45) is 2.09. The highest BCUT2D eigenvalue weighted by Gasteiger charge is 2.23. The maximum atomic E-state index is 12.1. The molecule has 1 rings (SSSR count). The summed E-state index contributed by atoms with van der Waals surface area (Å²) in [6, 6.07) is 5.83. The Morgan fingerprint density at radius 2 is 1.87 bits per heavy atom. The molecule has 0 aliphatic rings. The lowest BCUT2D eigenvalue weighted by Gasteiger charge is -2.28. The first-order valence-electron chi connectivity index (χ1n) is 8.07. The van der Waals surface area contributed by atoms with Gasteiger partial charge in [0.05, 0.1) is 14.2 Å². The molecule has 0 saturated carbocycles. The normalized spacial score (nSPS) is 11.0. The van der Waals surface area contributed by atoms with Gasteiger partial charge in [0.15, 0.2) is 11.5 Å². The highest BCUT2D eigenvalue weighted by atomic mass is 16.5. The lowest BCUT2D eigenvalue weighted by Crippen LogP contribution is -2.43. The van der Waals surface area contributed by atoms with Crippen molar-refractivity contribution in [1.82, 2.24) is 10.2 Å². The average Bonchev–Trinajstić information content (AvgIpc) is 2.56. The van der Waals surface area contributed by atoms with E-state index in [0.29, 0.717) is 18.0 Å². The van der Waals surface area contributed by atoms with Gasteiger partial charge in [-0.25, -0.2) is 4.79 Å². The molecule has 0 atom stereocenters. The summed E-state index contributed by atoms with van der Waals surface area (Å²) in [7, 11) is 5.07. The van der Waals surface area contributed by atoms with Crippen LogP contribution in [0.5, 0.6) is 11.5 Å². The molecule has 2 amide bonds. The van der Waals surface area contributed by atoms with Crippen LogP contribution in [0.1, 0.15) is 39.2 Å². The first kappa shape index (κ1) is 19.1. The van der Waals surface area contributed by atoms with E-state index in [1.165, 1.54) is 0 Å². The Morgan fingerprint density at radius 3 is 2.43 bits per heavy atom. The van der Waals surface area contributed by atoms with Crippen molar-refractivity contribution in [3.63, 3.8) is 0 Å². The van der Waals surface area contributed by atoms with Crippen LogP contribution in [0.4, 0.5) is 4.79 Å². The number of hydrogen-bond donors (Lipinski definition) is 1. The molecule has 0 radical (unpaired) electrons. The number of rotatable bonds is 8. The van der Waals surface area contributed by atoms with Gasteiger partial charge in [0.25, 0.3) is 0 Å². The van der Waals surface area contributed by atoms with Gasteiger partial charge in [-0.2, -0.15) is 0 Å². The molecular formula is C18H30N2O3. The summed E-state index contributed by atoms with van der Waals surface area (Å²) in [6.45, 7) is 7.64. The number of ether oxygens (including phenoxy) is 2. The van der Waals surface area contributed by atoms with Crippen LogP contribution in [0.15, 0.2) is 18.2 Å². The fourth-order valence-corrected chi connectivity index (χ4v) is 2.29. The summed E-state index contributed by atoms with van der Waals surface area (Å²) in [5.74, 6) is 1.40. The predicted octanol–water partition coefficient (Wildman–Crippen LogP) is 3.42. The maximum absolute atomic E-state index is 12.1. The second-order valence-corrected chi connectivity index (χ2v) is 6.39. The van der Waals surface area contributed by atoms with E-state index in [-0.39, 0.29) is 11.4 Å². The molecule has 0 heterocycles. The van der Waals surface area contributed by atoms with Crippen LogP contribution >= 0.6 is 0 Å². The third-order valence-corrected chi connectivity index (χ3v) is 4.04. The molecule has 1 aromatic rings. The van der Waals surface area contributed by atoms with Gasteiger partial charge < -0.3 is 19.7 Å². The van der Waals surface area contributed by atoms with Crippen molar-refractivity contribution in [1.29, 1.82) is 0 Å². The molecule has 0 saturated heterocycles. The number of amides is 2. The minimum atomic E-state index is -0.208. The van der Waals surface area contributed by atoms with Crippen molar-refractivity contribution in [3.05, 3.63) is 23.8 Å². The average molecular weight is 322 g/mol. The number of benzene rings is 1. The maximum Gasteiger partial charge on any atom is 0.317 e. The van der Waals surface area contributed by atoms with Crippen molar-refractivity contribution < 1.29 is 14.3 Å². The van der Waals surface area contributed by atoms with Crippen molar-refractivity contribution in [2.24, 2.45) is 0 Å². The summed E-state index contributed by atoms with van der Waals surface area (Å²) in [5.41, 5.74) is 0.882. The Hall–Kier alpha value is -1.91. The van der Waals surface area contributed by atoms with Crippen molar-refractivity contribution >= 4 is 6.03 Å². The molecule has 0 aromatic heterocycles. The lowest BCUT2D eigenvalue weighted by molar-refractivity contribution is 0.205. The monoisotopic (exact) mass is 322 g/mol. The number of nitrogens with zero attached hydrogens (tertiary/aromatic N) is 1. The van der Waals surface area contributed by atoms with Crippen molar-refractivity contribution in [2.75, 3.05) is 34.4 Å². The lowest BCUT2D eigenvalue weighted by atomic mass is 9.84. The summed E-state index contributed by atoms with van der Waals surface area (Å²) >= 11 is 0. The molecule has 0 bridgehead atoms. The Balaban J connectivity index is 2.73. The van der Waals surface area contributed by atoms with Gasteiger partial charge in [0, 0.05) is 25.6 Å². The summed E-state index contributed by atoms with van der Waals surface area (Å²) < 4.78 is 10.6. The molecular weight excluding hydrogens is 292 g/mol.